The van der Waals surface area contributed by atoms with Gasteiger partial charge >= 0.3 is 18.1 Å². The summed E-state index contributed by atoms with van der Waals surface area (Å²) in [5, 5.41) is 19.9. The molecule has 4 rings (SSSR count). The molecule has 0 amide bonds. The highest BCUT2D eigenvalue weighted by Gasteiger charge is 2.38. The summed E-state index contributed by atoms with van der Waals surface area (Å²) in [6.07, 6.45) is -4.23. The molecule has 0 radical (unpaired) electrons. The number of carbonyl (C=O) groups is 2. The third kappa shape index (κ3) is 9.55. The summed E-state index contributed by atoms with van der Waals surface area (Å²) in [4.78, 5) is 29.9. The topological polar surface area (TPSA) is 105 Å². The van der Waals surface area contributed by atoms with Crippen LogP contribution in [0.4, 0.5) is 24.5 Å². The van der Waals surface area contributed by atoms with Crippen molar-refractivity contribution in [3.8, 4) is 0 Å². The van der Waals surface area contributed by atoms with Crippen molar-refractivity contribution in [1.29, 1.82) is 0 Å². The third-order valence-corrected chi connectivity index (χ3v) is 6.40. The van der Waals surface area contributed by atoms with E-state index in [1.807, 2.05) is 24.3 Å². The lowest BCUT2D eigenvalue weighted by molar-refractivity contribution is -0.192. The number of guanidine groups is 1. The van der Waals surface area contributed by atoms with Crippen molar-refractivity contribution < 1.29 is 33.0 Å². The van der Waals surface area contributed by atoms with Gasteiger partial charge in [-0.2, -0.15) is 13.2 Å². The Kier molecular flexibility index (Phi) is 10.7. The zero-order valence-corrected chi connectivity index (χ0v) is 22.9. The molecule has 1 aliphatic heterocycles. The number of nitrogens with zero attached hydrogens (tertiary/aromatic N) is 3. The van der Waals surface area contributed by atoms with Crippen LogP contribution < -0.4 is 10.2 Å². The van der Waals surface area contributed by atoms with Crippen molar-refractivity contribution in [2.24, 2.45) is 4.99 Å². The highest BCUT2D eigenvalue weighted by atomic mass is 19.4. The van der Waals surface area contributed by atoms with Gasteiger partial charge in [0.05, 0.1) is 5.56 Å². The van der Waals surface area contributed by atoms with E-state index in [1.165, 1.54) is 22.4 Å². The molecule has 0 atom stereocenters. The maximum atomic E-state index is 11.4. The Labute approximate surface area is 236 Å². The van der Waals surface area contributed by atoms with Crippen molar-refractivity contribution in [2.45, 2.75) is 26.4 Å². The Morgan fingerprint density at radius 3 is 2.17 bits per heavy atom. The van der Waals surface area contributed by atoms with Crippen LogP contribution in [-0.2, 0) is 11.2 Å². The van der Waals surface area contributed by atoms with E-state index in [-0.39, 0.29) is 5.56 Å². The average Bonchev–Trinajstić information content (AvgIpc) is 2.94. The van der Waals surface area contributed by atoms with Crippen LogP contribution in [0.15, 0.2) is 77.8 Å². The fraction of sp³-hybridized carbons (Fsp3) is 0.300. The largest absolute Gasteiger partial charge is 0.490 e. The number of aryl methyl sites for hydroxylation is 2. The number of anilines is 2. The van der Waals surface area contributed by atoms with Crippen LogP contribution in [0.1, 0.15) is 27.0 Å². The van der Waals surface area contributed by atoms with Gasteiger partial charge in [-0.15, -0.1) is 0 Å². The summed E-state index contributed by atoms with van der Waals surface area (Å²) in [6.45, 7) is 8.42. The van der Waals surface area contributed by atoms with E-state index in [0.717, 1.165) is 44.2 Å². The van der Waals surface area contributed by atoms with Crippen LogP contribution in [0.5, 0.6) is 0 Å². The van der Waals surface area contributed by atoms with Crippen molar-refractivity contribution in [1.82, 2.24) is 4.90 Å². The predicted octanol–water partition coefficient (Wildman–Crippen LogP) is 5.47. The minimum absolute atomic E-state index is 0.258. The number of carboxylic acid groups (broad SMARTS) is 2. The van der Waals surface area contributed by atoms with Crippen molar-refractivity contribution in [3.05, 3.63) is 95.1 Å². The number of nitrogens with one attached hydrogen (secondary N) is 1. The molecule has 1 aliphatic rings. The number of aliphatic carboxylic acids is 1. The molecule has 1 fully saturated rings. The summed E-state index contributed by atoms with van der Waals surface area (Å²) >= 11 is 0. The lowest BCUT2D eigenvalue weighted by Crippen LogP contribution is -2.51. The fourth-order valence-corrected chi connectivity index (χ4v) is 4.23. The van der Waals surface area contributed by atoms with Gasteiger partial charge in [0, 0.05) is 44.1 Å². The second kappa shape index (κ2) is 14.2. The number of hydrogen-bond donors (Lipinski definition) is 3. The number of alkyl halides is 3. The van der Waals surface area contributed by atoms with Crippen molar-refractivity contribution in [3.63, 3.8) is 0 Å². The number of halogens is 3. The Bertz CT molecular complexity index is 1360. The lowest BCUT2D eigenvalue weighted by Gasteiger charge is -2.38. The minimum atomic E-state index is -5.08. The first-order valence-corrected chi connectivity index (χ1v) is 13.0. The summed E-state index contributed by atoms with van der Waals surface area (Å²) in [7, 11) is 0. The van der Waals surface area contributed by atoms with Crippen LogP contribution in [0, 0.1) is 13.8 Å². The predicted molar refractivity (Wildman–Crippen MR) is 153 cm³/mol. The molecule has 0 bridgehead atoms. The maximum absolute atomic E-state index is 11.4. The van der Waals surface area contributed by atoms with Crippen LogP contribution in [-0.4, -0.2) is 71.9 Å². The number of benzene rings is 3. The molecule has 1 saturated heterocycles. The molecular formula is C30H33F3N4O4. The zero-order chi connectivity index (χ0) is 30.0. The molecular weight excluding hydrogens is 537 g/mol. The van der Waals surface area contributed by atoms with Gasteiger partial charge in [0.2, 0.25) is 0 Å². The van der Waals surface area contributed by atoms with E-state index in [4.69, 9.17) is 14.9 Å². The Balaban J connectivity index is 0.000000587. The monoisotopic (exact) mass is 570 g/mol. The molecule has 3 aromatic carbocycles. The highest BCUT2D eigenvalue weighted by molar-refractivity contribution is 5.96. The van der Waals surface area contributed by atoms with Crippen LogP contribution in [0.3, 0.4) is 0 Å². The number of hydrogen-bond acceptors (Lipinski definition) is 4. The smallest absolute Gasteiger partial charge is 0.478 e. The Hall–Kier alpha value is -4.54. The van der Waals surface area contributed by atoms with E-state index in [1.54, 1.807) is 18.2 Å². The maximum Gasteiger partial charge on any atom is 0.490 e. The standard InChI is InChI=1S/C28H32N4O2.C2HF3O2/c1-21-11-12-22(2)26(19-21)31-15-17-32(18-16-31)28(29-14-13-23-7-4-3-5-8-23)30-25-10-6-9-24(20-25)27(33)34;3-2(4,5)1(6)7/h3-12,19-20H,13-18H2,1-2H3,(H,29,30)(H,33,34);(H,6,7). The molecule has 3 aromatic rings. The van der Waals surface area contributed by atoms with Gasteiger partial charge in [-0.3, -0.25) is 4.99 Å². The van der Waals surface area contributed by atoms with E-state index in [2.05, 4.69) is 59.3 Å². The van der Waals surface area contributed by atoms with Crippen LogP contribution in [0.2, 0.25) is 0 Å². The lowest BCUT2D eigenvalue weighted by atomic mass is 10.1. The van der Waals surface area contributed by atoms with Gasteiger partial charge in [-0.05, 0) is 61.2 Å². The first-order chi connectivity index (χ1) is 19.4. The molecule has 0 unspecified atom stereocenters. The van der Waals surface area contributed by atoms with Crippen LogP contribution >= 0.6 is 0 Å². The van der Waals surface area contributed by atoms with Gasteiger partial charge in [0.15, 0.2) is 5.96 Å². The van der Waals surface area contributed by atoms with E-state index < -0.39 is 18.1 Å². The molecule has 0 aliphatic carbocycles. The molecule has 218 valence electrons. The summed E-state index contributed by atoms with van der Waals surface area (Å²) in [5.41, 5.74) is 6.09. The number of aliphatic imine (C=N–C) groups is 1. The second-order valence-corrected chi connectivity index (χ2v) is 9.52. The quantitative estimate of drug-likeness (QED) is 0.267. The van der Waals surface area contributed by atoms with E-state index in [9.17, 15) is 23.1 Å². The van der Waals surface area contributed by atoms with E-state index in [0.29, 0.717) is 6.54 Å². The number of carboxylic acids is 2. The number of piperazine rings is 1. The molecule has 3 N–H and O–H groups in total. The van der Waals surface area contributed by atoms with Crippen molar-refractivity contribution in [2.75, 3.05) is 42.9 Å². The fourth-order valence-electron chi connectivity index (χ4n) is 4.23. The first kappa shape index (κ1) is 31.0. The molecule has 1 heterocycles. The van der Waals surface area contributed by atoms with Gasteiger partial charge < -0.3 is 25.3 Å². The minimum Gasteiger partial charge on any atom is -0.478 e. The van der Waals surface area contributed by atoms with Gasteiger partial charge in [-0.1, -0.05) is 48.5 Å². The SMILES string of the molecule is Cc1ccc(C)c(N2CCN(C(=NCCc3ccccc3)Nc3cccc(C(=O)O)c3)CC2)c1.O=C(O)C(F)(F)F. The average molecular weight is 571 g/mol. The highest BCUT2D eigenvalue weighted by Crippen LogP contribution is 2.23. The summed E-state index contributed by atoms with van der Waals surface area (Å²) in [6, 6.07) is 23.8. The number of aromatic carboxylic acids is 1. The second-order valence-electron chi connectivity index (χ2n) is 9.52. The van der Waals surface area contributed by atoms with Gasteiger partial charge in [-0.25, -0.2) is 9.59 Å². The first-order valence-electron chi connectivity index (χ1n) is 13.0. The summed E-state index contributed by atoms with van der Waals surface area (Å²) in [5.74, 6) is -2.90. The normalized spacial score (nSPS) is 13.7. The van der Waals surface area contributed by atoms with Crippen molar-refractivity contribution >= 4 is 29.3 Å². The van der Waals surface area contributed by atoms with Gasteiger partial charge in [0.25, 0.3) is 0 Å². The molecule has 0 saturated carbocycles. The number of rotatable bonds is 6. The molecule has 41 heavy (non-hydrogen) atoms. The molecule has 8 nitrogen and oxygen atoms in total. The Morgan fingerprint density at radius 2 is 1.56 bits per heavy atom. The Morgan fingerprint density at radius 1 is 0.902 bits per heavy atom. The summed E-state index contributed by atoms with van der Waals surface area (Å²) < 4.78 is 31.7. The van der Waals surface area contributed by atoms with Gasteiger partial charge in [0.1, 0.15) is 0 Å². The third-order valence-electron chi connectivity index (χ3n) is 6.40. The van der Waals surface area contributed by atoms with E-state index >= 15 is 0 Å². The van der Waals surface area contributed by atoms with Crippen LogP contribution in [0.25, 0.3) is 0 Å². The molecule has 0 spiro atoms. The molecule has 11 heteroatoms. The molecule has 0 aromatic heterocycles. The zero-order valence-electron chi connectivity index (χ0n) is 22.9.